The van der Waals surface area contributed by atoms with Gasteiger partial charge in [0.25, 0.3) is 0 Å². The molecule has 1 aliphatic rings. The van der Waals surface area contributed by atoms with Crippen LogP contribution in [0.15, 0.2) is 48.5 Å². The Morgan fingerprint density at radius 1 is 1.00 bits per heavy atom. The van der Waals surface area contributed by atoms with Gasteiger partial charge in [0, 0.05) is 32.1 Å². The van der Waals surface area contributed by atoms with Crippen molar-refractivity contribution < 1.29 is 9.36 Å². The largest absolute Gasteiger partial charge is 0.346 e. The second-order valence-electron chi connectivity index (χ2n) is 5.57. The molecule has 1 aliphatic heterocycles. The van der Waals surface area contributed by atoms with E-state index in [1.165, 1.54) is 0 Å². The van der Waals surface area contributed by atoms with Crippen LogP contribution in [0.1, 0.15) is 12.8 Å². The van der Waals surface area contributed by atoms with E-state index in [4.69, 9.17) is 0 Å². The molecule has 1 fully saturated rings. The van der Waals surface area contributed by atoms with E-state index in [1.54, 1.807) is 4.90 Å². The van der Waals surface area contributed by atoms with E-state index in [0.29, 0.717) is 5.91 Å². The molecule has 0 atom stereocenters. The van der Waals surface area contributed by atoms with Crippen LogP contribution in [-0.4, -0.2) is 29.4 Å². The number of aromatic nitrogens is 2. The van der Waals surface area contributed by atoms with Crippen molar-refractivity contribution in [3.8, 4) is 0 Å². The Balaban J connectivity index is 0.000000174. The molecule has 22 heavy (non-hydrogen) atoms. The van der Waals surface area contributed by atoms with Gasteiger partial charge < -0.3 is 4.90 Å². The summed E-state index contributed by atoms with van der Waals surface area (Å²) in [5.41, 5.74) is 4.41. The predicted octanol–water partition coefficient (Wildman–Crippen LogP) is 2.45. The van der Waals surface area contributed by atoms with E-state index in [2.05, 4.69) is 28.7 Å². The maximum Gasteiger partial charge on any atom is 0.231 e. The molecular formula is C18H20N3O+. The minimum atomic E-state index is 0.292. The molecule has 4 nitrogen and oxygen atoms in total. The summed E-state index contributed by atoms with van der Waals surface area (Å²) in [4.78, 5) is 16.9. The van der Waals surface area contributed by atoms with Crippen LogP contribution in [0.25, 0.3) is 22.1 Å². The SMILES string of the molecule is CN1CCCC1=O.C[n+]1c2ccccc2nc2ccccc21. The van der Waals surface area contributed by atoms with Crippen molar-refractivity contribution in [3.63, 3.8) is 0 Å². The summed E-state index contributed by atoms with van der Waals surface area (Å²) >= 11 is 0. The first-order chi connectivity index (χ1) is 10.7. The molecule has 0 spiro atoms. The molecule has 2 heterocycles. The highest BCUT2D eigenvalue weighted by Crippen LogP contribution is 2.12. The topological polar surface area (TPSA) is 37.1 Å². The van der Waals surface area contributed by atoms with Crippen molar-refractivity contribution >= 4 is 28.0 Å². The quantitative estimate of drug-likeness (QED) is 0.472. The van der Waals surface area contributed by atoms with Crippen molar-refractivity contribution in [2.45, 2.75) is 12.8 Å². The fourth-order valence-corrected chi connectivity index (χ4v) is 2.73. The van der Waals surface area contributed by atoms with Crippen LogP contribution >= 0.6 is 0 Å². The molecule has 4 heteroatoms. The van der Waals surface area contributed by atoms with Crippen LogP contribution in [0, 0.1) is 0 Å². The maximum atomic E-state index is 10.5. The number of para-hydroxylation sites is 4. The summed E-state index contributed by atoms with van der Waals surface area (Å²) < 4.78 is 2.18. The number of benzene rings is 2. The Kier molecular flexibility index (Phi) is 4.00. The van der Waals surface area contributed by atoms with Crippen LogP contribution in [-0.2, 0) is 11.8 Å². The third-order valence-electron chi connectivity index (χ3n) is 4.04. The summed E-state index contributed by atoms with van der Waals surface area (Å²) in [5, 5.41) is 0. The molecule has 0 aliphatic carbocycles. The number of hydrogen-bond donors (Lipinski definition) is 0. The summed E-state index contributed by atoms with van der Waals surface area (Å²) in [6.45, 7) is 0.957. The minimum absolute atomic E-state index is 0.292. The normalized spacial score (nSPS) is 14.3. The van der Waals surface area contributed by atoms with Crippen LogP contribution < -0.4 is 4.57 Å². The molecule has 1 saturated heterocycles. The maximum absolute atomic E-state index is 10.5. The Hall–Kier alpha value is -2.49. The average molecular weight is 294 g/mol. The number of likely N-dealkylation sites (tertiary alicyclic amines) is 1. The van der Waals surface area contributed by atoms with E-state index in [9.17, 15) is 4.79 Å². The first-order valence-corrected chi connectivity index (χ1v) is 7.54. The number of hydrogen-bond acceptors (Lipinski definition) is 2. The third kappa shape index (κ3) is 2.77. The molecule has 0 radical (unpaired) electrons. The number of carbonyl (C=O) groups excluding carboxylic acids is 1. The van der Waals surface area contributed by atoms with Crippen LogP contribution in [0.4, 0.5) is 0 Å². The minimum Gasteiger partial charge on any atom is -0.346 e. The molecule has 2 aromatic carbocycles. The number of carbonyl (C=O) groups is 1. The highest BCUT2D eigenvalue weighted by Gasteiger charge is 2.14. The molecule has 0 unspecified atom stereocenters. The fourth-order valence-electron chi connectivity index (χ4n) is 2.73. The highest BCUT2D eigenvalue weighted by molar-refractivity contribution is 5.81. The molecule has 0 N–H and O–H groups in total. The van der Waals surface area contributed by atoms with E-state index in [0.717, 1.165) is 41.5 Å². The van der Waals surface area contributed by atoms with Gasteiger partial charge in [-0.15, -0.1) is 0 Å². The van der Waals surface area contributed by atoms with E-state index >= 15 is 0 Å². The van der Waals surface area contributed by atoms with Gasteiger partial charge in [0.15, 0.2) is 0 Å². The van der Waals surface area contributed by atoms with Gasteiger partial charge in [0.2, 0.25) is 16.9 Å². The van der Waals surface area contributed by atoms with Crippen molar-refractivity contribution in [2.24, 2.45) is 7.05 Å². The molecule has 4 rings (SSSR count). The molecule has 3 aromatic rings. The second kappa shape index (κ2) is 6.10. The smallest absolute Gasteiger partial charge is 0.231 e. The first kappa shape index (κ1) is 14.4. The van der Waals surface area contributed by atoms with E-state index in [-0.39, 0.29) is 0 Å². The number of fused-ring (bicyclic) bond motifs is 2. The van der Waals surface area contributed by atoms with Crippen LogP contribution in [0.3, 0.4) is 0 Å². The lowest BCUT2D eigenvalue weighted by Crippen LogP contribution is -2.30. The molecule has 112 valence electrons. The monoisotopic (exact) mass is 294 g/mol. The van der Waals surface area contributed by atoms with Crippen molar-refractivity contribution in [1.82, 2.24) is 9.88 Å². The van der Waals surface area contributed by atoms with Gasteiger partial charge in [0.05, 0.1) is 0 Å². The summed E-state index contributed by atoms with van der Waals surface area (Å²) in [5.74, 6) is 0.292. The average Bonchev–Trinajstić information content (AvgIpc) is 2.92. The van der Waals surface area contributed by atoms with Crippen molar-refractivity contribution in [3.05, 3.63) is 48.5 Å². The van der Waals surface area contributed by atoms with Crippen molar-refractivity contribution in [2.75, 3.05) is 13.6 Å². The lowest BCUT2D eigenvalue weighted by Gasteiger charge is -2.03. The molecule has 1 aromatic heterocycles. The zero-order valence-electron chi connectivity index (χ0n) is 13.0. The summed E-state index contributed by atoms with van der Waals surface area (Å²) in [7, 11) is 3.92. The van der Waals surface area contributed by atoms with Crippen LogP contribution in [0.2, 0.25) is 0 Å². The third-order valence-corrected chi connectivity index (χ3v) is 4.04. The molecule has 1 amide bonds. The van der Waals surface area contributed by atoms with Crippen molar-refractivity contribution in [1.29, 1.82) is 0 Å². The zero-order chi connectivity index (χ0) is 15.5. The zero-order valence-corrected chi connectivity index (χ0v) is 13.0. The van der Waals surface area contributed by atoms with Gasteiger partial charge in [-0.3, -0.25) is 4.79 Å². The number of nitrogens with zero attached hydrogens (tertiary/aromatic N) is 3. The Morgan fingerprint density at radius 2 is 1.55 bits per heavy atom. The van der Waals surface area contributed by atoms with Gasteiger partial charge >= 0.3 is 0 Å². The van der Waals surface area contributed by atoms with Gasteiger partial charge in [-0.1, -0.05) is 24.3 Å². The summed E-state index contributed by atoms with van der Waals surface area (Å²) in [6, 6.07) is 16.4. The van der Waals surface area contributed by atoms with Crippen LogP contribution in [0.5, 0.6) is 0 Å². The second-order valence-corrected chi connectivity index (χ2v) is 5.57. The fraction of sp³-hybridized carbons (Fsp3) is 0.278. The Morgan fingerprint density at radius 3 is 1.95 bits per heavy atom. The predicted molar refractivity (Wildman–Crippen MR) is 87.3 cm³/mol. The summed E-state index contributed by atoms with van der Waals surface area (Å²) in [6.07, 6.45) is 1.81. The molecule has 0 saturated carbocycles. The standard InChI is InChI=1S/C13H11N2.C5H9NO/c1-15-12-8-4-2-6-10(12)14-11-7-3-5-9-13(11)15;1-6-4-2-3-5(6)7/h2-9H,1H3;2-4H2,1H3/q+1;. The van der Waals surface area contributed by atoms with Gasteiger partial charge in [0.1, 0.15) is 18.1 Å². The first-order valence-electron chi connectivity index (χ1n) is 7.54. The Bertz CT molecular complexity index is 775. The Labute approximate surface area is 130 Å². The van der Waals surface area contributed by atoms with E-state index < -0.39 is 0 Å². The lowest BCUT2D eigenvalue weighted by molar-refractivity contribution is -0.617. The highest BCUT2D eigenvalue weighted by atomic mass is 16.2. The lowest BCUT2D eigenvalue weighted by atomic mass is 10.2. The van der Waals surface area contributed by atoms with Gasteiger partial charge in [-0.25, -0.2) is 4.98 Å². The number of rotatable bonds is 0. The van der Waals surface area contributed by atoms with Gasteiger partial charge in [-0.2, -0.15) is 4.57 Å². The molecular weight excluding hydrogens is 274 g/mol. The van der Waals surface area contributed by atoms with E-state index in [1.807, 2.05) is 43.4 Å². The number of amides is 1. The number of aryl methyl sites for hydroxylation is 1. The molecule has 0 bridgehead atoms. The van der Waals surface area contributed by atoms with Gasteiger partial charge in [-0.05, 0) is 18.6 Å².